The highest BCUT2D eigenvalue weighted by Crippen LogP contribution is 2.24. The normalized spacial score (nSPS) is 13.3. The predicted molar refractivity (Wildman–Crippen MR) is 130 cm³/mol. The van der Waals surface area contributed by atoms with Crippen LogP contribution in [0.2, 0.25) is 0 Å². The SMILES string of the molecule is CC(NS(=O)(=O)c1ccc2c(c1)sc(=O)n2Cc1ccccc1)c1ccc(S(C)(=O)=O)cc1. The molecule has 0 aliphatic rings. The van der Waals surface area contributed by atoms with Crippen LogP contribution >= 0.6 is 11.3 Å². The van der Waals surface area contributed by atoms with Crippen LogP contribution in [0, 0.1) is 0 Å². The van der Waals surface area contributed by atoms with Crippen molar-refractivity contribution in [3.63, 3.8) is 0 Å². The smallest absolute Gasteiger partial charge is 0.294 e. The van der Waals surface area contributed by atoms with E-state index in [9.17, 15) is 21.6 Å². The first-order valence-electron chi connectivity index (χ1n) is 10.0. The maximum atomic E-state index is 13.0. The van der Waals surface area contributed by atoms with Gasteiger partial charge in [0, 0.05) is 12.3 Å². The molecular weight excluding hydrogens is 480 g/mol. The Morgan fingerprint density at radius 2 is 1.55 bits per heavy atom. The fourth-order valence-electron chi connectivity index (χ4n) is 3.50. The van der Waals surface area contributed by atoms with Gasteiger partial charge in [-0.2, -0.15) is 0 Å². The van der Waals surface area contributed by atoms with Crippen LogP contribution in [0.15, 0.2) is 87.4 Å². The van der Waals surface area contributed by atoms with Crippen molar-refractivity contribution < 1.29 is 16.8 Å². The van der Waals surface area contributed by atoms with Gasteiger partial charge in [-0.25, -0.2) is 21.6 Å². The van der Waals surface area contributed by atoms with Crippen LogP contribution in [-0.2, 0) is 26.4 Å². The van der Waals surface area contributed by atoms with Crippen molar-refractivity contribution >= 4 is 41.4 Å². The number of hydrogen-bond donors (Lipinski definition) is 1. The van der Waals surface area contributed by atoms with Crippen molar-refractivity contribution in [1.29, 1.82) is 0 Å². The monoisotopic (exact) mass is 502 g/mol. The van der Waals surface area contributed by atoms with Gasteiger partial charge in [0.2, 0.25) is 10.0 Å². The molecule has 1 unspecified atom stereocenters. The van der Waals surface area contributed by atoms with Crippen molar-refractivity contribution in [2.24, 2.45) is 0 Å². The van der Waals surface area contributed by atoms with Crippen LogP contribution in [0.1, 0.15) is 24.1 Å². The van der Waals surface area contributed by atoms with Gasteiger partial charge in [0.05, 0.1) is 26.6 Å². The van der Waals surface area contributed by atoms with Crippen molar-refractivity contribution in [3.05, 3.63) is 93.6 Å². The molecule has 0 saturated heterocycles. The summed E-state index contributed by atoms with van der Waals surface area (Å²) in [5.41, 5.74) is 2.29. The Bertz CT molecular complexity index is 1570. The highest BCUT2D eigenvalue weighted by Gasteiger charge is 2.20. The van der Waals surface area contributed by atoms with E-state index in [0.717, 1.165) is 23.2 Å². The fourth-order valence-corrected chi connectivity index (χ4v) is 6.39. The van der Waals surface area contributed by atoms with Gasteiger partial charge in [0.15, 0.2) is 9.84 Å². The molecule has 0 spiro atoms. The quantitative estimate of drug-likeness (QED) is 0.416. The molecule has 0 aliphatic carbocycles. The minimum absolute atomic E-state index is 0.0581. The van der Waals surface area contributed by atoms with E-state index in [-0.39, 0.29) is 14.7 Å². The van der Waals surface area contributed by atoms with E-state index in [1.165, 1.54) is 24.3 Å². The lowest BCUT2D eigenvalue weighted by molar-refractivity contribution is 0.566. The van der Waals surface area contributed by atoms with E-state index < -0.39 is 25.9 Å². The third kappa shape index (κ3) is 5.09. The van der Waals surface area contributed by atoms with Crippen molar-refractivity contribution in [2.75, 3.05) is 6.26 Å². The molecule has 0 fully saturated rings. The molecule has 1 N–H and O–H groups in total. The number of nitrogens with zero attached hydrogens (tertiary/aromatic N) is 1. The number of hydrogen-bond acceptors (Lipinski definition) is 6. The van der Waals surface area contributed by atoms with Crippen molar-refractivity contribution in [3.8, 4) is 0 Å². The number of nitrogens with one attached hydrogen (secondary N) is 1. The fraction of sp³-hybridized carbons (Fsp3) is 0.174. The molecule has 0 radical (unpaired) electrons. The van der Waals surface area contributed by atoms with E-state index in [2.05, 4.69) is 4.72 Å². The van der Waals surface area contributed by atoms with Gasteiger partial charge in [-0.1, -0.05) is 53.8 Å². The summed E-state index contributed by atoms with van der Waals surface area (Å²) in [5, 5.41) is 0. The summed E-state index contributed by atoms with van der Waals surface area (Å²) in [5.74, 6) is 0. The molecule has 33 heavy (non-hydrogen) atoms. The molecule has 3 aromatic carbocycles. The van der Waals surface area contributed by atoms with Gasteiger partial charge < -0.3 is 0 Å². The van der Waals surface area contributed by atoms with Gasteiger partial charge >= 0.3 is 4.87 Å². The van der Waals surface area contributed by atoms with Crippen LogP contribution in [0.4, 0.5) is 0 Å². The number of aromatic nitrogens is 1. The highest BCUT2D eigenvalue weighted by molar-refractivity contribution is 7.90. The largest absolute Gasteiger partial charge is 0.308 e. The van der Waals surface area contributed by atoms with Gasteiger partial charge in [0.1, 0.15) is 0 Å². The number of thiazole rings is 1. The number of sulfone groups is 1. The molecule has 4 aromatic rings. The lowest BCUT2D eigenvalue weighted by Crippen LogP contribution is -2.26. The summed E-state index contributed by atoms with van der Waals surface area (Å²) in [6.45, 7) is 2.09. The Morgan fingerprint density at radius 3 is 2.18 bits per heavy atom. The molecular formula is C23H22N2O5S3. The number of rotatable bonds is 7. The molecule has 1 aromatic heterocycles. The van der Waals surface area contributed by atoms with Crippen molar-refractivity contribution in [2.45, 2.75) is 29.3 Å². The van der Waals surface area contributed by atoms with E-state index in [0.29, 0.717) is 22.3 Å². The Labute approximate surface area is 196 Å². The lowest BCUT2D eigenvalue weighted by Gasteiger charge is -2.15. The molecule has 4 rings (SSSR count). The summed E-state index contributed by atoms with van der Waals surface area (Å²) in [6.07, 6.45) is 1.12. The average Bonchev–Trinajstić information content (AvgIpc) is 3.08. The lowest BCUT2D eigenvalue weighted by atomic mass is 10.1. The summed E-state index contributed by atoms with van der Waals surface area (Å²) in [4.78, 5) is 12.6. The maximum Gasteiger partial charge on any atom is 0.308 e. The zero-order chi connectivity index (χ0) is 23.8. The zero-order valence-electron chi connectivity index (χ0n) is 17.9. The van der Waals surface area contributed by atoms with Crippen LogP contribution in [0.3, 0.4) is 0 Å². The maximum absolute atomic E-state index is 13.0. The molecule has 1 atom stereocenters. The Morgan fingerprint density at radius 1 is 0.909 bits per heavy atom. The third-order valence-electron chi connectivity index (χ3n) is 5.27. The van der Waals surface area contributed by atoms with Crippen LogP contribution in [-0.4, -0.2) is 27.7 Å². The van der Waals surface area contributed by atoms with E-state index in [1.807, 2.05) is 30.3 Å². The van der Waals surface area contributed by atoms with E-state index in [1.54, 1.807) is 29.7 Å². The summed E-state index contributed by atoms with van der Waals surface area (Å²) in [6, 6.07) is 19.7. The average molecular weight is 503 g/mol. The first-order valence-corrected chi connectivity index (χ1v) is 14.2. The second-order valence-corrected chi connectivity index (χ2v) is 12.5. The number of fused-ring (bicyclic) bond motifs is 1. The predicted octanol–water partition coefficient (Wildman–Crippen LogP) is 3.55. The zero-order valence-corrected chi connectivity index (χ0v) is 20.4. The van der Waals surface area contributed by atoms with E-state index in [4.69, 9.17) is 0 Å². The van der Waals surface area contributed by atoms with Crippen LogP contribution < -0.4 is 9.60 Å². The van der Waals surface area contributed by atoms with E-state index >= 15 is 0 Å². The molecule has 1 heterocycles. The standard InChI is InChI=1S/C23H22N2O5S3/c1-16(18-8-10-19(11-9-18)32(2,27)28)24-33(29,30)20-12-13-21-22(14-20)31-23(26)25(21)15-17-6-4-3-5-7-17/h3-14,16,24H,15H2,1-2H3. The minimum atomic E-state index is -3.87. The topological polar surface area (TPSA) is 102 Å². The molecule has 172 valence electrons. The van der Waals surface area contributed by atoms with Gasteiger partial charge in [-0.3, -0.25) is 9.36 Å². The van der Waals surface area contributed by atoms with Crippen LogP contribution in [0.25, 0.3) is 10.2 Å². The molecule has 7 nitrogen and oxygen atoms in total. The molecule has 0 bridgehead atoms. The molecule has 0 amide bonds. The first-order chi connectivity index (χ1) is 15.5. The summed E-state index contributed by atoms with van der Waals surface area (Å²) < 4.78 is 54.1. The third-order valence-corrected chi connectivity index (χ3v) is 8.88. The first kappa shape index (κ1) is 23.4. The molecule has 0 aliphatic heterocycles. The Balaban J connectivity index is 1.59. The summed E-state index contributed by atoms with van der Waals surface area (Å²) >= 11 is 1.01. The van der Waals surface area contributed by atoms with Gasteiger partial charge in [-0.05, 0) is 48.4 Å². The highest BCUT2D eigenvalue weighted by atomic mass is 32.2. The Hall–Kier alpha value is -2.79. The number of benzene rings is 3. The van der Waals surface area contributed by atoms with Crippen LogP contribution in [0.5, 0.6) is 0 Å². The number of sulfonamides is 1. The second-order valence-electron chi connectivity index (χ2n) is 7.75. The molecule has 10 heteroatoms. The summed E-state index contributed by atoms with van der Waals surface area (Å²) in [7, 11) is -7.20. The second kappa shape index (κ2) is 8.86. The molecule has 0 saturated carbocycles. The van der Waals surface area contributed by atoms with Gasteiger partial charge in [0.25, 0.3) is 0 Å². The minimum Gasteiger partial charge on any atom is -0.294 e. The Kier molecular flexibility index (Phi) is 6.28. The van der Waals surface area contributed by atoms with Gasteiger partial charge in [-0.15, -0.1) is 0 Å². The van der Waals surface area contributed by atoms with Crippen molar-refractivity contribution in [1.82, 2.24) is 9.29 Å².